The van der Waals surface area contributed by atoms with E-state index in [0.717, 1.165) is 0 Å². The molecule has 0 atom stereocenters. The molecule has 0 aromatic heterocycles. The van der Waals surface area contributed by atoms with Crippen LogP contribution in [0.15, 0.2) is 0 Å². The van der Waals surface area contributed by atoms with Crippen LogP contribution in [0.4, 0.5) is 0 Å². The van der Waals surface area contributed by atoms with E-state index in [1.807, 2.05) is 0 Å². The van der Waals surface area contributed by atoms with Gasteiger partial charge in [-0.1, -0.05) is 0 Å². The Labute approximate surface area is 151 Å². The van der Waals surface area contributed by atoms with Gasteiger partial charge in [0.15, 0.2) is 0 Å². The fourth-order valence-corrected chi connectivity index (χ4v) is 0. The summed E-state index contributed by atoms with van der Waals surface area (Å²) in [4.78, 5) is 21.6. The fraction of sp³-hybridized carbons (Fsp3) is 0. The average molecular weight is 242 g/mol. The van der Waals surface area contributed by atoms with Gasteiger partial charge in [-0.3, -0.25) is 0 Å². The van der Waals surface area contributed by atoms with Crippen LogP contribution in [-0.2, 0) is 4.57 Å². The van der Waals surface area contributed by atoms with Gasteiger partial charge in [-0.15, -0.1) is 0 Å². The molecular weight excluding hydrogens is 231 g/mol. The van der Waals surface area contributed by atoms with Gasteiger partial charge in [0, 0.05) is 0 Å². The van der Waals surface area contributed by atoms with Gasteiger partial charge in [-0.05, 0) is 0 Å². The quantitative estimate of drug-likeness (QED) is 0.330. The summed E-state index contributed by atoms with van der Waals surface area (Å²) in [5.41, 5.74) is 0. The third kappa shape index (κ3) is 77.6. The molecule has 0 bridgehead atoms. The average Bonchev–Trinajstić information content (AvgIpc) is 0.722. The summed E-state index contributed by atoms with van der Waals surface area (Å²) in [5.74, 6) is 0. The molecule has 0 unspecified atom stereocenters. The molecule has 0 aliphatic rings. The van der Waals surface area contributed by atoms with Gasteiger partial charge < -0.3 is 28.7 Å². The van der Waals surface area contributed by atoms with Crippen LogP contribution in [0.2, 0.25) is 0 Å². The summed E-state index contributed by atoms with van der Waals surface area (Å²) in [7, 11) is -4.64. The standard InChI is InChI=1S/3Ca.H3O4P.H2O.6H/c;;;1-5(2,3)4;;;;;;;/h;;;(H3,1,2,3,4);1H2;;;;;;/q3*+2;;;6*-1. The van der Waals surface area contributed by atoms with Gasteiger partial charge in [-0.25, -0.2) is 4.57 Å². The Hall–Kier alpha value is 3.85. The van der Waals surface area contributed by atoms with Crippen molar-refractivity contribution in [1.29, 1.82) is 0 Å². The summed E-state index contributed by atoms with van der Waals surface area (Å²) in [5, 5.41) is 0. The number of phosphoric acid groups is 1. The molecule has 0 amide bonds. The molecular formula is H11Ca3O5P. The summed E-state index contributed by atoms with van der Waals surface area (Å²) >= 11 is 0. The van der Waals surface area contributed by atoms with Gasteiger partial charge in [0.05, 0.1) is 0 Å². The van der Waals surface area contributed by atoms with Crippen LogP contribution in [-0.4, -0.2) is 133 Å². The maximum absolute atomic E-state index is 8.88. The van der Waals surface area contributed by atoms with Crippen LogP contribution in [0.1, 0.15) is 8.56 Å². The monoisotopic (exact) mass is 242 g/mol. The first-order valence-corrected chi connectivity index (χ1v) is 2.35. The predicted molar refractivity (Wildman–Crippen MR) is 41.8 cm³/mol. The molecule has 9 heavy (non-hydrogen) atoms. The van der Waals surface area contributed by atoms with Crippen molar-refractivity contribution in [2.75, 3.05) is 0 Å². The molecule has 0 aliphatic heterocycles. The van der Waals surface area contributed by atoms with E-state index in [9.17, 15) is 0 Å². The second kappa shape index (κ2) is 14.4. The molecule has 0 saturated carbocycles. The zero-order valence-electron chi connectivity index (χ0n) is 10.8. The number of rotatable bonds is 0. The van der Waals surface area contributed by atoms with E-state index in [1.54, 1.807) is 0 Å². The smallest absolute Gasteiger partial charge is 1.00 e. The SMILES string of the molecule is O.O=P(O)(O)O.[Ca+2].[Ca+2].[Ca+2].[H-].[H-].[H-].[H-].[H-].[H-]. The number of hydrogen-bond donors (Lipinski definition) is 3. The molecule has 0 aromatic carbocycles. The van der Waals surface area contributed by atoms with Crippen LogP contribution in [0.3, 0.4) is 0 Å². The van der Waals surface area contributed by atoms with Crippen LogP contribution >= 0.6 is 7.82 Å². The first kappa shape index (κ1) is 29.3. The van der Waals surface area contributed by atoms with Crippen LogP contribution in [0.25, 0.3) is 0 Å². The molecule has 9 heteroatoms. The summed E-state index contributed by atoms with van der Waals surface area (Å²) < 4.78 is 8.88. The van der Waals surface area contributed by atoms with Gasteiger partial charge in [0.1, 0.15) is 0 Å². The van der Waals surface area contributed by atoms with Crippen molar-refractivity contribution in [3.63, 3.8) is 0 Å². The second-order valence-corrected chi connectivity index (χ2v) is 1.54. The van der Waals surface area contributed by atoms with Gasteiger partial charge >= 0.3 is 121 Å². The number of hydrogen-bond acceptors (Lipinski definition) is 1. The van der Waals surface area contributed by atoms with E-state index in [0.29, 0.717) is 0 Å². The molecule has 52 valence electrons. The summed E-state index contributed by atoms with van der Waals surface area (Å²) in [6.45, 7) is 0. The topological polar surface area (TPSA) is 109 Å². The Morgan fingerprint density at radius 1 is 1.00 bits per heavy atom. The zero-order chi connectivity index (χ0) is 4.50. The largest absolute Gasteiger partial charge is 2.00 e. The molecule has 5 N–H and O–H groups in total. The Bertz CT molecular complexity index is 72.9. The Balaban J connectivity index is -0.00000000178. The van der Waals surface area contributed by atoms with Gasteiger partial charge in [-0.2, -0.15) is 0 Å². The molecule has 0 aromatic rings. The summed E-state index contributed by atoms with van der Waals surface area (Å²) in [6.07, 6.45) is 0. The van der Waals surface area contributed by atoms with Crippen LogP contribution in [0.5, 0.6) is 0 Å². The van der Waals surface area contributed by atoms with E-state index < -0.39 is 7.82 Å². The van der Waals surface area contributed by atoms with E-state index in [-0.39, 0.29) is 127 Å². The molecule has 0 saturated heterocycles. The van der Waals surface area contributed by atoms with E-state index in [2.05, 4.69) is 0 Å². The minimum Gasteiger partial charge on any atom is -1.00 e. The third-order valence-corrected chi connectivity index (χ3v) is 0. The van der Waals surface area contributed by atoms with E-state index in [4.69, 9.17) is 19.2 Å². The Morgan fingerprint density at radius 3 is 1.00 bits per heavy atom. The van der Waals surface area contributed by atoms with Crippen molar-refractivity contribution >= 4 is 121 Å². The van der Waals surface area contributed by atoms with Crippen LogP contribution in [0, 0.1) is 0 Å². The fourth-order valence-electron chi connectivity index (χ4n) is 0. The predicted octanol–water partition coefficient (Wildman–Crippen LogP) is -2.22. The maximum Gasteiger partial charge on any atom is 2.00 e. The maximum atomic E-state index is 8.88. The minimum absolute atomic E-state index is 0. The third-order valence-electron chi connectivity index (χ3n) is 0. The normalized spacial score (nSPS) is 6.56. The molecule has 0 radical (unpaired) electrons. The van der Waals surface area contributed by atoms with Gasteiger partial charge in [0.25, 0.3) is 0 Å². The molecule has 0 aliphatic carbocycles. The van der Waals surface area contributed by atoms with Crippen molar-refractivity contribution in [2.45, 2.75) is 0 Å². The molecule has 0 spiro atoms. The molecule has 0 fully saturated rings. The van der Waals surface area contributed by atoms with Crippen molar-refractivity contribution < 1.29 is 33.3 Å². The van der Waals surface area contributed by atoms with Crippen molar-refractivity contribution in [3.8, 4) is 0 Å². The molecule has 0 heterocycles. The zero-order valence-corrected chi connectivity index (χ0v) is 12.3. The molecule has 0 rings (SSSR count). The first-order valence-electron chi connectivity index (χ1n) is 0.783. The van der Waals surface area contributed by atoms with Crippen molar-refractivity contribution in [1.82, 2.24) is 0 Å². The first-order chi connectivity index (χ1) is 2.00. The van der Waals surface area contributed by atoms with Crippen molar-refractivity contribution in [2.24, 2.45) is 0 Å². The second-order valence-electron chi connectivity index (χ2n) is 0.513. The molecule has 5 nitrogen and oxygen atoms in total. The van der Waals surface area contributed by atoms with E-state index in [1.165, 1.54) is 0 Å². The van der Waals surface area contributed by atoms with Crippen LogP contribution < -0.4 is 0 Å². The van der Waals surface area contributed by atoms with Crippen molar-refractivity contribution in [3.05, 3.63) is 0 Å². The minimum atomic E-state index is -4.64. The van der Waals surface area contributed by atoms with Gasteiger partial charge in [0.2, 0.25) is 0 Å². The Morgan fingerprint density at radius 2 is 1.00 bits per heavy atom. The summed E-state index contributed by atoms with van der Waals surface area (Å²) in [6, 6.07) is 0. The van der Waals surface area contributed by atoms with E-state index >= 15 is 0 Å². The Kier molecular flexibility index (Phi) is 46.8.